The number of likely N-dealkylation sites (N-methyl/N-ethyl adjacent to an activating group) is 1. The Morgan fingerprint density at radius 1 is 1.24 bits per heavy atom. The van der Waals surface area contributed by atoms with Crippen molar-refractivity contribution in [2.45, 2.75) is 44.3 Å². The van der Waals surface area contributed by atoms with Gasteiger partial charge in [-0.1, -0.05) is 18.2 Å². The monoisotopic (exact) mass is 475 g/mol. The minimum atomic E-state index is -5.02. The van der Waals surface area contributed by atoms with Crippen molar-refractivity contribution in [3.8, 4) is 0 Å². The van der Waals surface area contributed by atoms with Crippen LogP contribution in [-0.2, 0) is 23.9 Å². The van der Waals surface area contributed by atoms with Crippen LogP contribution in [0.25, 0.3) is 16.5 Å². The lowest BCUT2D eigenvalue weighted by Gasteiger charge is -2.39. The maximum Gasteiger partial charge on any atom is 0.489 e. The fourth-order valence-corrected chi connectivity index (χ4v) is 4.93. The molecule has 0 radical (unpaired) electrons. The second-order valence-corrected chi connectivity index (χ2v) is 8.70. The van der Waals surface area contributed by atoms with Gasteiger partial charge in [0.1, 0.15) is 0 Å². The Morgan fingerprint density at radius 3 is 2.55 bits per heavy atom. The summed E-state index contributed by atoms with van der Waals surface area (Å²) in [6.45, 7) is 1.64. The van der Waals surface area contributed by atoms with Gasteiger partial charge in [0.25, 0.3) is 0 Å². The number of nitrogens with one attached hydrogen (secondary N) is 1. The van der Waals surface area contributed by atoms with E-state index in [4.69, 9.17) is 0 Å². The highest BCUT2D eigenvalue weighted by atomic mass is 19.4. The lowest BCUT2D eigenvalue weighted by molar-refractivity contribution is -0.204. The van der Waals surface area contributed by atoms with E-state index in [1.54, 1.807) is 31.0 Å². The number of amides is 1. The van der Waals surface area contributed by atoms with E-state index in [9.17, 15) is 36.2 Å². The van der Waals surface area contributed by atoms with E-state index in [-0.39, 0.29) is 46.5 Å². The average Bonchev–Trinajstić information content (AvgIpc) is 3.01. The predicted molar refractivity (Wildman–Crippen MR) is 109 cm³/mol. The SMILES string of the molecule is CC(CO)NC(=O)[C@@H]1C=C2c3cccc4c3c(c(CC(F)(F)F)n4C(F)(F)F)C[C@H]2N(C)C1. The number of hydrogen-bond donors (Lipinski definition) is 2. The summed E-state index contributed by atoms with van der Waals surface area (Å²) in [6.07, 6.45) is -9.85. The molecular weight excluding hydrogens is 452 g/mol. The van der Waals surface area contributed by atoms with Crippen LogP contribution in [0.3, 0.4) is 0 Å². The lowest BCUT2D eigenvalue weighted by Crippen LogP contribution is -2.48. The molecule has 2 aliphatic rings. The van der Waals surface area contributed by atoms with Crippen molar-refractivity contribution >= 4 is 22.4 Å². The van der Waals surface area contributed by atoms with Gasteiger partial charge in [-0.15, -0.1) is 13.2 Å². The first kappa shape index (κ1) is 23.6. The smallest absolute Gasteiger partial charge is 0.394 e. The summed E-state index contributed by atoms with van der Waals surface area (Å²) in [6, 6.07) is 3.23. The van der Waals surface area contributed by atoms with Crippen molar-refractivity contribution in [1.29, 1.82) is 0 Å². The Kier molecular flexibility index (Phi) is 5.76. The van der Waals surface area contributed by atoms with Crippen molar-refractivity contribution in [2.75, 3.05) is 20.2 Å². The molecule has 1 aromatic carbocycles. The second kappa shape index (κ2) is 8.05. The molecule has 2 N–H and O–H groups in total. The molecule has 33 heavy (non-hydrogen) atoms. The Labute approximate surface area is 185 Å². The number of halogens is 6. The number of carbonyl (C=O) groups excluding carboxylic acids is 1. The zero-order valence-electron chi connectivity index (χ0n) is 17.9. The Hall–Kier alpha value is -2.53. The molecule has 1 aromatic heterocycles. The largest absolute Gasteiger partial charge is 0.489 e. The number of nitrogens with zero attached hydrogens (tertiary/aromatic N) is 2. The third kappa shape index (κ3) is 4.23. The van der Waals surface area contributed by atoms with E-state index in [0.29, 0.717) is 11.1 Å². The highest BCUT2D eigenvalue weighted by Crippen LogP contribution is 2.46. The molecule has 1 aliphatic heterocycles. The number of aromatic nitrogens is 1. The van der Waals surface area contributed by atoms with Crippen LogP contribution in [-0.4, -0.2) is 58.9 Å². The molecule has 2 aromatic rings. The molecule has 0 saturated heterocycles. The van der Waals surface area contributed by atoms with Gasteiger partial charge in [-0.2, -0.15) is 13.2 Å². The average molecular weight is 475 g/mol. The fraction of sp³-hybridized carbons (Fsp3) is 0.500. The van der Waals surface area contributed by atoms with Crippen molar-refractivity contribution in [1.82, 2.24) is 14.8 Å². The molecule has 1 amide bonds. The van der Waals surface area contributed by atoms with Gasteiger partial charge >= 0.3 is 12.5 Å². The normalized spacial score (nSPS) is 22.2. The zero-order chi connectivity index (χ0) is 24.3. The Morgan fingerprint density at radius 2 is 1.94 bits per heavy atom. The van der Waals surface area contributed by atoms with Crippen molar-refractivity contribution in [3.05, 3.63) is 41.1 Å². The summed E-state index contributed by atoms with van der Waals surface area (Å²) in [5.74, 6) is -0.954. The molecule has 0 bridgehead atoms. The first-order valence-corrected chi connectivity index (χ1v) is 10.4. The topological polar surface area (TPSA) is 57.5 Å². The maximum atomic E-state index is 13.9. The quantitative estimate of drug-likeness (QED) is 0.665. The zero-order valence-corrected chi connectivity index (χ0v) is 17.9. The van der Waals surface area contributed by atoms with Gasteiger partial charge in [0.05, 0.1) is 24.5 Å². The number of aliphatic hydroxyl groups excluding tert-OH is 1. The molecular formula is C22H23F6N3O2. The first-order chi connectivity index (χ1) is 15.3. The standard InChI is InChI=1S/C22H23F6N3O2/c1-11(10-32)29-20(33)12-6-14-13-4-3-5-16-19(13)15(7-17(14)30(2)9-12)18(8-21(23,24)25)31(16)22(26,27)28/h3-6,11-12,17,32H,7-10H2,1-2H3,(H,29,33)/t11?,12-,17-/m1/s1. The molecule has 11 heteroatoms. The number of aliphatic hydroxyl groups is 1. The van der Waals surface area contributed by atoms with Crippen LogP contribution in [0.5, 0.6) is 0 Å². The van der Waals surface area contributed by atoms with Crippen LogP contribution in [0.1, 0.15) is 23.7 Å². The summed E-state index contributed by atoms with van der Waals surface area (Å²) < 4.78 is 81.5. The van der Waals surface area contributed by atoms with E-state index in [1.165, 1.54) is 12.1 Å². The third-order valence-corrected chi connectivity index (χ3v) is 6.29. The Balaban J connectivity index is 1.90. The molecule has 0 fully saturated rings. The minimum Gasteiger partial charge on any atom is -0.394 e. The summed E-state index contributed by atoms with van der Waals surface area (Å²) in [7, 11) is 1.70. The van der Waals surface area contributed by atoms with E-state index in [0.717, 1.165) is 0 Å². The number of fused-ring (bicyclic) bond motifs is 2. The highest BCUT2D eigenvalue weighted by Gasteiger charge is 2.44. The van der Waals surface area contributed by atoms with Crippen LogP contribution in [0.15, 0.2) is 24.3 Å². The van der Waals surface area contributed by atoms with Gasteiger partial charge in [-0.25, -0.2) is 0 Å². The summed E-state index contributed by atoms with van der Waals surface area (Å²) >= 11 is 0. The van der Waals surface area contributed by atoms with Crippen molar-refractivity contribution < 1.29 is 36.2 Å². The number of carbonyl (C=O) groups is 1. The summed E-state index contributed by atoms with van der Waals surface area (Å²) in [4.78, 5) is 14.4. The molecule has 1 unspecified atom stereocenters. The van der Waals surface area contributed by atoms with E-state index in [1.807, 2.05) is 0 Å². The highest BCUT2D eigenvalue weighted by molar-refractivity contribution is 6.00. The van der Waals surface area contributed by atoms with Gasteiger partial charge in [0.2, 0.25) is 5.91 Å². The molecule has 180 valence electrons. The maximum absolute atomic E-state index is 13.9. The van der Waals surface area contributed by atoms with E-state index < -0.39 is 42.6 Å². The Bertz CT molecular complexity index is 1120. The van der Waals surface area contributed by atoms with Crippen LogP contribution in [0, 0.1) is 5.92 Å². The molecule has 0 spiro atoms. The van der Waals surface area contributed by atoms with E-state index >= 15 is 0 Å². The molecule has 2 heterocycles. The first-order valence-electron chi connectivity index (χ1n) is 10.4. The van der Waals surface area contributed by atoms with Gasteiger partial charge in [-0.05, 0) is 43.2 Å². The fourth-order valence-electron chi connectivity index (χ4n) is 4.93. The van der Waals surface area contributed by atoms with Gasteiger partial charge in [-0.3, -0.25) is 14.3 Å². The molecule has 5 nitrogen and oxygen atoms in total. The molecule has 1 aliphatic carbocycles. The van der Waals surface area contributed by atoms with Crippen LogP contribution in [0.2, 0.25) is 0 Å². The number of rotatable bonds is 4. The van der Waals surface area contributed by atoms with Crippen LogP contribution in [0.4, 0.5) is 26.3 Å². The van der Waals surface area contributed by atoms with Crippen LogP contribution >= 0.6 is 0 Å². The van der Waals surface area contributed by atoms with Crippen molar-refractivity contribution in [3.63, 3.8) is 0 Å². The van der Waals surface area contributed by atoms with Crippen molar-refractivity contribution in [2.24, 2.45) is 5.92 Å². The predicted octanol–water partition coefficient (Wildman–Crippen LogP) is 3.59. The summed E-state index contributed by atoms with van der Waals surface area (Å²) in [5.41, 5.74) is -0.0411. The van der Waals surface area contributed by atoms with Crippen LogP contribution < -0.4 is 5.32 Å². The molecule has 4 rings (SSSR count). The summed E-state index contributed by atoms with van der Waals surface area (Å²) in [5, 5.41) is 12.0. The number of benzene rings is 1. The second-order valence-electron chi connectivity index (χ2n) is 8.70. The van der Waals surface area contributed by atoms with Gasteiger partial charge in [0, 0.05) is 29.7 Å². The molecule has 3 atom stereocenters. The minimum absolute atomic E-state index is 0.0221. The van der Waals surface area contributed by atoms with Gasteiger partial charge in [0.15, 0.2) is 0 Å². The number of alkyl halides is 6. The third-order valence-electron chi connectivity index (χ3n) is 6.29. The molecule has 0 saturated carbocycles. The van der Waals surface area contributed by atoms with E-state index in [2.05, 4.69) is 5.32 Å². The van der Waals surface area contributed by atoms with Gasteiger partial charge < -0.3 is 10.4 Å². The lowest BCUT2D eigenvalue weighted by atomic mass is 9.79. The number of hydrogen-bond acceptors (Lipinski definition) is 3.